The molecule has 1 unspecified atom stereocenters. The predicted octanol–water partition coefficient (Wildman–Crippen LogP) is 2.64. The van der Waals surface area contributed by atoms with Crippen molar-refractivity contribution >= 4 is 0 Å². The van der Waals surface area contributed by atoms with Gasteiger partial charge < -0.3 is 5.73 Å². The third-order valence-electron chi connectivity index (χ3n) is 2.78. The van der Waals surface area contributed by atoms with Gasteiger partial charge in [-0.15, -0.1) is 0 Å². The van der Waals surface area contributed by atoms with Crippen LogP contribution in [0, 0.1) is 5.82 Å². The molecule has 2 nitrogen and oxygen atoms in total. The maximum atomic E-state index is 13.1. The van der Waals surface area contributed by atoms with Crippen LogP contribution in [0.4, 0.5) is 4.39 Å². The van der Waals surface area contributed by atoms with E-state index in [1.807, 2.05) is 37.3 Å². The molecule has 3 heteroatoms. The molecule has 0 aliphatic rings. The fourth-order valence-electron chi connectivity index (χ4n) is 1.85. The zero-order chi connectivity index (χ0) is 12.3. The molecule has 0 amide bonds. The maximum Gasteiger partial charge on any atom is 0.141 e. The van der Waals surface area contributed by atoms with Gasteiger partial charge in [-0.25, -0.2) is 4.39 Å². The summed E-state index contributed by atoms with van der Waals surface area (Å²) in [5.74, 6) is -0.354. The van der Waals surface area contributed by atoms with Crippen molar-refractivity contribution in [3.63, 3.8) is 0 Å². The van der Waals surface area contributed by atoms with Gasteiger partial charge in [0.15, 0.2) is 0 Å². The van der Waals surface area contributed by atoms with E-state index < -0.39 is 5.54 Å². The quantitative estimate of drug-likeness (QED) is 0.880. The highest BCUT2D eigenvalue weighted by molar-refractivity contribution is 5.25. The fourth-order valence-corrected chi connectivity index (χ4v) is 1.85. The lowest BCUT2D eigenvalue weighted by Crippen LogP contribution is -2.35. The molecule has 17 heavy (non-hydrogen) atoms. The van der Waals surface area contributed by atoms with Crippen molar-refractivity contribution in [1.29, 1.82) is 0 Å². The first-order valence-corrected chi connectivity index (χ1v) is 5.52. The van der Waals surface area contributed by atoms with Crippen molar-refractivity contribution in [2.45, 2.75) is 18.9 Å². The molecule has 1 aromatic carbocycles. The Morgan fingerprint density at radius 2 is 1.94 bits per heavy atom. The van der Waals surface area contributed by atoms with Crippen LogP contribution in [0.15, 0.2) is 48.8 Å². The first kappa shape index (κ1) is 11.7. The van der Waals surface area contributed by atoms with Gasteiger partial charge in [0.1, 0.15) is 5.82 Å². The van der Waals surface area contributed by atoms with Crippen LogP contribution in [0.5, 0.6) is 0 Å². The highest BCUT2D eigenvalue weighted by Gasteiger charge is 2.22. The molecule has 0 aliphatic heterocycles. The standard InChI is InChI=1S/C14H15FN2/c1-14(16,8-11-5-3-2-4-6-11)12-7-13(15)10-17-9-12/h2-7,9-10H,8,16H2,1H3. The molecule has 2 N–H and O–H groups in total. The van der Waals surface area contributed by atoms with Gasteiger partial charge in [-0.2, -0.15) is 0 Å². The molecule has 2 rings (SSSR count). The molecule has 88 valence electrons. The molecule has 1 aromatic heterocycles. The summed E-state index contributed by atoms with van der Waals surface area (Å²) in [5, 5.41) is 0. The van der Waals surface area contributed by atoms with E-state index in [0.717, 1.165) is 5.56 Å². The first-order valence-electron chi connectivity index (χ1n) is 5.52. The van der Waals surface area contributed by atoms with E-state index >= 15 is 0 Å². The summed E-state index contributed by atoms with van der Waals surface area (Å²) in [7, 11) is 0. The first-order chi connectivity index (χ1) is 8.08. The molecule has 0 radical (unpaired) electrons. The molecular formula is C14H15FN2. The van der Waals surface area contributed by atoms with Gasteiger partial charge in [-0.05, 0) is 30.5 Å². The summed E-state index contributed by atoms with van der Waals surface area (Å²) in [6.45, 7) is 1.89. The molecule has 0 saturated carbocycles. The van der Waals surface area contributed by atoms with Gasteiger partial charge >= 0.3 is 0 Å². The number of hydrogen-bond acceptors (Lipinski definition) is 2. The number of halogens is 1. The summed E-state index contributed by atoms with van der Waals surface area (Å²) in [4.78, 5) is 3.84. The SMILES string of the molecule is CC(N)(Cc1ccccc1)c1cncc(F)c1. The largest absolute Gasteiger partial charge is 0.321 e. The zero-order valence-electron chi connectivity index (χ0n) is 9.73. The van der Waals surface area contributed by atoms with Crippen LogP contribution in [0.3, 0.4) is 0 Å². The van der Waals surface area contributed by atoms with E-state index in [0.29, 0.717) is 12.0 Å². The second-order valence-corrected chi connectivity index (χ2v) is 4.47. The summed E-state index contributed by atoms with van der Waals surface area (Å²) >= 11 is 0. The van der Waals surface area contributed by atoms with Gasteiger partial charge in [0.25, 0.3) is 0 Å². The Kier molecular flexibility index (Phi) is 3.20. The lowest BCUT2D eigenvalue weighted by Gasteiger charge is -2.25. The van der Waals surface area contributed by atoms with Gasteiger partial charge in [0.05, 0.1) is 6.20 Å². The molecule has 1 heterocycles. The van der Waals surface area contributed by atoms with Crippen LogP contribution in [-0.2, 0) is 12.0 Å². The molecule has 2 aromatic rings. The molecule has 0 bridgehead atoms. The Morgan fingerprint density at radius 3 is 2.59 bits per heavy atom. The van der Waals surface area contributed by atoms with Crippen molar-refractivity contribution < 1.29 is 4.39 Å². The lowest BCUT2D eigenvalue weighted by atomic mass is 9.87. The third kappa shape index (κ3) is 2.88. The Morgan fingerprint density at radius 1 is 1.24 bits per heavy atom. The topological polar surface area (TPSA) is 38.9 Å². The molecule has 1 atom stereocenters. The minimum atomic E-state index is -0.615. The second-order valence-electron chi connectivity index (χ2n) is 4.47. The van der Waals surface area contributed by atoms with E-state index in [9.17, 15) is 4.39 Å². The number of nitrogens with zero attached hydrogens (tertiary/aromatic N) is 1. The van der Waals surface area contributed by atoms with Crippen LogP contribution in [-0.4, -0.2) is 4.98 Å². The maximum absolute atomic E-state index is 13.1. The third-order valence-corrected chi connectivity index (χ3v) is 2.78. The van der Waals surface area contributed by atoms with Crippen LogP contribution < -0.4 is 5.73 Å². The zero-order valence-corrected chi connectivity index (χ0v) is 9.73. The molecule has 0 spiro atoms. The van der Waals surface area contributed by atoms with Crippen molar-refractivity contribution in [1.82, 2.24) is 4.98 Å². The minimum Gasteiger partial charge on any atom is -0.321 e. The summed E-state index contributed by atoms with van der Waals surface area (Å²) in [6, 6.07) is 11.4. The van der Waals surface area contributed by atoms with Crippen LogP contribution in [0.25, 0.3) is 0 Å². The van der Waals surface area contributed by atoms with Crippen LogP contribution in [0.2, 0.25) is 0 Å². The number of rotatable bonds is 3. The van der Waals surface area contributed by atoms with Crippen molar-refractivity contribution in [2.24, 2.45) is 5.73 Å². The lowest BCUT2D eigenvalue weighted by molar-refractivity contribution is 0.483. The van der Waals surface area contributed by atoms with Gasteiger partial charge in [-0.1, -0.05) is 30.3 Å². The highest BCUT2D eigenvalue weighted by atomic mass is 19.1. The van der Waals surface area contributed by atoms with E-state index in [4.69, 9.17) is 5.73 Å². The summed E-state index contributed by atoms with van der Waals surface area (Å²) in [5.41, 5.74) is 7.45. The average molecular weight is 230 g/mol. The van der Waals surface area contributed by atoms with Gasteiger partial charge in [0, 0.05) is 11.7 Å². The Hall–Kier alpha value is -1.74. The molecular weight excluding hydrogens is 215 g/mol. The van der Waals surface area contributed by atoms with Gasteiger partial charge in [0.2, 0.25) is 0 Å². The van der Waals surface area contributed by atoms with E-state index in [2.05, 4.69) is 4.98 Å². The highest BCUT2D eigenvalue weighted by Crippen LogP contribution is 2.22. The van der Waals surface area contributed by atoms with Crippen molar-refractivity contribution in [2.75, 3.05) is 0 Å². The molecule has 0 aliphatic carbocycles. The van der Waals surface area contributed by atoms with E-state index in [1.54, 1.807) is 6.20 Å². The van der Waals surface area contributed by atoms with E-state index in [1.165, 1.54) is 12.3 Å². The predicted molar refractivity (Wildman–Crippen MR) is 65.9 cm³/mol. The number of benzene rings is 1. The smallest absolute Gasteiger partial charge is 0.141 e. The number of nitrogens with two attached hydrogens (primary N) is 1. The molecule has 0 saturated heterocycles. The number of aromatic nitrogens is 1. The van der Waals surface area contributed by atoms with Gasteiger partial charge in [-0.3, -0.25) is 4.98 Å². The monoisotopic (exact) mass is 230 g/mol. The van der Waals surface area contributed by atoms with E-state index in [-0.39, 0.29) is 5.82 Å². The Balaban J connectivity index is 2.25. The normalized spacial score (nSPS) is 14.3. The van der Waals surface area contributed by atoms with Crippen LogP contribution >= 0.6 is 0 Å². The average Bonchev–Trinajstić information content (AvgIpc) is 2.30. The molecule has 0 fully saturated rings. The minimum absolute atomic E-state index is 0.354. The van der Waals surface area contributed by atoms with Crippen molar-refractivity contribution in [3.05, 3.63) is 65.7 Å². The summed E-state index contributed by atoms with van der Waals surface area (Å²) < 4.78 is 13.1. The summed E-state index contributed by atoms with van der Waals surface area (Å²) in [6.07, 6.45) is 3.45. The number of hydrogen-bond donors (Lipinski definition) is 1. The van der Waals surface area contributed by atoms with Crippen molar-refractivity contribution in [3.8, 4) is 0 Å². The number of pyridine rings is 1. The Bertz CT molecular complexity index is 495. The van der Waals surface area contributed by atoms with Crippen LogP contribution in [0.1, 0.15) is 18.1 Å². The Labute approximate surface area is 100 Å². The fraction of sp³-hybridized carbons (Fsp3) is 0.214. The second kappa shape index (κ2) is 4.63.